The molecule has 4 aromatic carbocycles. The Kier molecular flexibility index (Phi) is 33.3. The lowest BCUT2D eigenvalue weighted by molar-refractivity contribution is -0.174. The van der Waals surface area contributed by atoms with E-state index in [-0.39, 0.29) is 13.2 Å². The Hall–Kier alpha value is -7.36. The first-order valence-electron chi connectivity index (χ1n) is 34.8. The van der Waals surface area contributed by atoms with Gasteiger partial charge in [-0.05, 0) is 248 Å². The molecule has 0 bridgehead atoms. The van der Waals surface area contributed by atoms with E-state index < -0.39 is 81.9 Å². The summed E-state index contributed by atoms with van der Waals surface area (Å²) in [5.74, 6) is -1.60. The fourth-order valence-electron chi connectivity index (χ4n) is 10.8. The first kappa shape index (κ1) is 82.9. The number of hydrogen-bond donors (Lipinski definition) is 0. The molecule has 16 nitrogen and oxygen atoms in total. The summed E-state index contributed by atoms with van der Waals surface area (Å²) in [7, 11) is 0. The summed E-state index contributed by atoms with van der Waals surface area (Å²) >= 11 is 0. The van der Waals surface area contributed by atoms with Crippen LogP contribution in [0.2, 0.25) is 0 Å². The minimum Gasteiger partial charge on any atom is -0.457 e. The topological polar surface area (TPSA) is 210 Å². The first-order valence-corrected chi connectivity index (χ1v) is 34.8. The zero-order chi connectivity index (χ0) is 72.4. The fourth-order valence-corrected chi connectivity index (χ4v) is 10.8. The molecule has 0 radical (unpaired) electrons. The van der Waals surface area contributed by atoms with E-state index in [9.17, 15) is 38.4 Å². The minimum atomic E-state index is -1.33. The second kappa shape index (κ2) is 38.5. The molecule has 6 rings (SSSR count). The summed E-state index contributed by atoms with van der Waals surface area (Å²) in [5.41, 5.74) is 2.85. The molecule has 0 saturated heterocycles. The third-order valence-corrected chi connectivity index (χ3v) is 17.9. The normalized spacial score (nSPS) is 15.3. The van der Waals surface area contributed by atoms with Crippen LogP contribution in [0.5, 0.6) is 0 Å². The molecule has 16 heteroatoms. The quantitative estimate of drug-likeness (QED) is 0.0471. The number of benzene rings is 4. The summed E-state index contributed by atoms with van der Waals surface area (Å²) in [4.78, 5) is 96.8. The smallest absolute Gasteiger partial charge is 0.350 e. The Bertz CT molecular complexity index is 3090. The van der Waals surface area contributed by atoms with Gasteiger partial charge in [-0.2, -0.15) is 0 Å². The third kappa shape index (κ3) is 28.8. The molecule has 2 aliphatic rings. The molecule has 2 saturated carbocycles. The molecule has 2 fully saturated rings. The van der Waals surface area contributed by atoms with Crippen molar-refractivity contribution in [2.45, 2.75) is 287 Å². The van der Waals surface area contributed by atoms with Crippen LogP contribution < -0.4 is 0 Å². The Morgan fingerprint density at radius 3 is 1.08 bits per heavy atom. The standard InChI is InChI=1S/C22H32O4.C21H30O4.C19H28O4.C18H26O4/c1-5-16(2)17-11-13-18(14-12-17)21(24)25-15-20(23)26-22(3,4)19-9-7-6-8-10-19;1-5-15(2)16-10-12-17(13-11-16)20(23)24-14-19(22)25-21(3,4)18-8-6-7-9-18;1-8-13(2)14-9-11-15(12-10-14)16(20)22-19(6,7)17(21)23-18(3,4)5;1-7-12(2)14-9-8-10-15(11-14)17(20)21-13(3)16(19)22-18(4,5)6/h11-14,16,19H,5-10,15H2,1-4H3;10-13,15,18H,5-9,14H2,1-4H3;9-13H,8H2,1-7H3;8-13H,7H2,1-6H3. The van der Waals surface area contributed by atoms with E-state index in [0.717, 1.165) is 56.9 Å². The van der Waals surface area contributed by atoms with Crippen molar-refractivity contribution in [3.05, 3.63) is 142 Å². The number of ether oxygens (including phenoxy) is 8. The largest absolute Gasteiger partial charge is 0.457 e. The van der Waals surface area contributed by atoms with Crippen molar-refractivity contribution < 1.29 is 76.3 Å². The van der Waals surface area contributed by atoms with Gasteiger partial charge in [-0.1, -0.05) is 136 Å². The Morgan fingerprint density at radius 2 is 0.729 bits per heavy atom. The van der Waals surface area contributed by atoms with Crippen LogP contribution >= 0.6 is 0 Å². The molecule has 5 unspecified atom stereocenters. The zero-order valence-corrected chi connectivity index (χ0v) is 61.9. The van der Waals surface area contributed by atoms with E-state index in [1.54, 1.807) is 84.0 Å². The van der Waals surface area contributed by atoms with E-state index in [1.807, 2.05) is 82.3 Å². The van der Waals surface area contributed by atoms with Crippen molar-refractivity contribution >= 4 is 47.8 Å². The molecule has 4 aromatic rings. The van der Waals surface area contributed by atoms with Crippen LogP contribution in [-0.4, -0.2) is 95.1 Å². The van der Waals surface area contributed by atoms with Crippen molar-refractivity contribution in [2.75, 3.05) is 13.2 Å². The number of hydrogen-bond acceptors (Lipinski definition) is 16. The van der Waals surface area contributed by atoms with Crippen LogP contribution in [0.25, 0.3) is 0 Å². The maximum Gasteiger partial charge on any atom is 0.350 e. The van der Waals surface area contributed by atoms with Crippen molar-refractivity contribution in [2.24, 2.45) is 11.8 Å². The molecule has 532 valence electrons. The highest BCUT2D eigenvalue weighted by Gasteiger charge is 2.38. The molecule has 96 heavy (non-hydrogen) atoms. The zero-order valence-electron chi connectivity index (χ0n) is 61.9. The maximum absolute atomic E-state index is 12.3. The van der Waals surface area contributed by atoms with Crippen LogP contribution in [0.3, 0.4) is 0 Å². The molecule has 0 aliphatic heterocycles. The maximum atomic E-state index is 12.3. The second-order valence-corrected chi connectivity index (χ2v) is 29.3. The molecule has 5 atom stereocenters. The van der Waals surface area contributed by atoms with Crippen molar-refractivity contribution in [3.63, 3.8) is 0 Å². The summed E-state index contributed by atoms with van der Waals surface area (Å²) in [5, 5.41) is 0. The Balaban J connectivity index is 0.000000334. The van der Waals surface area contributed by atoms with Crippen LogP contribution in [0.15, 0.2) is 97.1 Å². The number of carbonyl (C=O) groups excluding carboxylic acids is 8. The summed E-state index contributed by atoms with van der Waals surface area (Å²) in [6.45, 7) is 39.4. The van der Waals surface area contributed by atoms with Gasteiger partial charge in [0.1, 0.15) is 22.4 Å². The number of esters is 8. The van der Waals surface area contributed by atoms with Gasteiger partial charge >= 0.3 is 47.8 Å². The van der Waals surface area contributed by atoms with E-state index in [0.29, 0.717) is 57.8 Å². The fraction of sp³-hybridized carbons (Fsp3) is 0.600. The van der Waals surface area contributed by atoms with Crippen LogP contribution in [0.1, 0.15) is 316 Å². The van der Waals surface area contributed by atoms with Gasteiger partial charge in [0.25, 0.3) is 0 Å². The molecule has 0 spiro atoms. The second-order valence-electron chi connectivity index (χ2n) is 29.3. The Labute approximate surface area is 574 Å². The lowest BCUT2D eigenvalue weighted by Gasteiger charge is -2.36. The molecular formula is C80H116O16. The van der Waals surface area contributed by atoms with Crippen molar-refractivity contribution in [1.29, 1.82) is 0 Å². The number of rotatable bonds is 24. The third-order valence-electron chi connectivity index (χ3n) is 17.9. The molecule has 2 aliphatic carbocycles. The highest BCUT2D eigenvalue weighted by Crippen LogP contribution is 2.37. The van der Waals surface area contributed by atoms with E-state index in [4.69, 9.17) is 37.9 Å². The van der Waals surface area contributed by atoms with E-state index in [2.05, 4.69) is 55.4 Å². The van der Waals surface area contributed by atoms with Gasteiger partial charge in [0.15, 0.2) is 19.3 Å². The number of carbonyl (C=O) groups is 8. The van der Waals surface area contributed by atoms with Crippen LogP contribution in [0.4, 0.5) is 0 Å². The molecule has 0 N–H and O–H groups in total. The van der Waals surface area contributed by atoms with Gasteiger partial charge in [-0.25, -0.2) is 38.4 Å². The average molecular weight is 1330 g/mol. The van der Waals surface area contributed by atoms with E-state index >= 15 is 0 Å². The van der Waals surface area contributed by atoms with Gasteiger partial charge in [-0.3, -0.25) is 0 Å². The molecule has 0 heterocycles. The lowest BCUT2D eigenvalue weighted by Crippen LogP contribution is -2.42. The highest BCUT2D eigenvalue weighted by atomic mass is 16.6. The predicted octanol–water partition coefficient (Wildman–Crippen LogP) is 18.7. The van der Waals surface area contributed by atoms with Crippen LogP contribution in [0, 0.1) is 11.8 Å². The van der Waals surface area contributed by atoms with Gasteiger partial charge in [0, 0.05) is 0 Å². The highest BCUT2D eigenvalue weighted by molar-refractivity contribution is 5.94. The predicted molar refractivity (Wildman–Crippen MR) is 376 cm³/mol. The van der Waals surface area contributed by atoms with Gasteiger partial charge < -0.3 is 37.9 Å². The van der Waals surface area contributed by atoms with Crippen molar-refractivity contribution in [3.8, 4) is 0 Å². The van der Waals surface area contributed by atoms with Gasteiger partial charge in [0.05, 0.1) is 22.3 Å². The monoisotopic (exact) mass is 1330 g/mol. The average Bonchev–Trinajstić information content (AvgIpc) is 1.03. The summed E-state index contributed by atoms with van der Waals surface area (Å²) < 4.78 is 42.4. The van der Waals surface area contributed by atoms with Crippen molar-refractivity contribution in [1.82, 2.24) is 0 Å². The minimum absolute atomic E-state index is 0.345. The van der Waals surface area contributed by atoms with Gasteiger partial charge in [-0.15, -0.1) is 0 Å². The molecule has 0 aromatic heterocycles. The van der Waals surface area contributed by atoms with E-state index in [1.165, 1.54) is 69.6 Å². The molecular weight excluding hydrogens is 1220 g/mol. The summed E-state index contributed by atoms with van der Waals surface area (Å²) in [6, 6.07) is 29.4. The lowest BCUT2D eigenvalue weighted by atomic mass is 9.79. The SMILES string of the molecule is CCC(C)c1ccc(C(=O)OC(C)(C)C(=O)OC(C)(C)C)cc1.CCC(C)c1ccc(C(=O)OCC(=O)OC(C)(C)C2CCCC2)cc1.CCC(C)c1ccc(C(=O)OCC(=O)OC(C)(C)C2CCCCC2)cc1.CCC(C)c1cccc(C(=O)OC(C)C(=O)OC(C)(C)C)c1. The summed E-state index contributed by atoms with van der Waals surface area (Å²) in [6.07, 6.45) is 13.5. The molecule has 0 amide bonds. The van der Waals surface area contributed by atoms with Gasteiger partial charge in [0.2, 0.25) is 5.60 Å². The Morgan fingerprint density at radius 1 is 0.385 bits per heavy atom. The van der Waals surface area contributed by atoms with Crippen LogP contribution in [-0.2, 0) is 57.1 Å². The first-order chi connectivity index (χ1) is 44.8.